The highest BCUT2D eigenvalue weighted by atomic mass is 16.5. The Bertz CT molecular complexity index is 443. The highest BCUT2D eigenvalue weighted by Gasteiger charge is 2.18. The molecule has 0 bridgehead atoms. The Morgan fingerprint density at radius 2 is 2.33 bits per heavy atom. The fourth-order valence-corrected chi connectivity index (χ4v) is 1.83. The zero-order chi connectivity index (χ0) is 13.0. The molecule has 0 spiro atoms. The molecule has 2 rings (SSSR count). The molecule has 1 aliphatic rings. The molecule has 0 radical (unpaired) electrons. The van der Waals surface area contributed by atoms with Crippen molar-refractivity contribution >= 4 is 11.8 Å². The molecule has 1 aromatic rings. The lowest BCUT2D eigenvalue weighted by molar-refractivity contribution is -0.131. The third kappa shape index (κ3) is 3.28. The van der Waals surface area contributed by atoms with Gasteiger partial charge in [0.15, 0.2) is 5.82 Å². The quantitative estimate of drug-likeness (QED) is 0.795. The predicted octanol–water partition coefficient (Wildman–Crippen LogP) is -0.341. The van der Waals surface area contributed by atoms with Gasteiger partial charge in [0.25, 0.3) is 0 Å². The minimum Gasteiger partial charge on any atom is -0.354 e. The Balaban J connectivity index is 1.82. The van der Waals surface area contributed by atoms with Crippen molar-refractivity contribution in [3.8, 4) is 0 Å². The summed E-state index contributed by atoms with van der Waals surface area (Å²) in [5, 5.41) is 6.40. The van der Waals surface area contributed by atoms with E-state index < -0.39 is 0 Å². The van der Waals surface area contributed by atoms with Crippen molar-refractivity contribution in [2.75, 3.05) is 19.6 Å². The third-order valence-electron chi connectivity index (χ3n) is 2.79. The average Bonchev–Trinajstić information content (AvgIpc) is 2.63. The van der Waals surface area contributed by atoms with Gasteiger partial charge in [0.2, 0.25) is 17.7 Å². The molecule has 2 amide bonds. The van der Waals surface area contributed by atoms with E-state index in [0.29, 0.717) is 50.6 Å². The number of aryl methyl sites for hydroxylation is 2. The van der Waals surface area contributed by atoms with E-state index in [-0.39, 0.29) is 11.8 Å². The molecule has 1 fully saturated rings. The lowest BCUT2D eigenvalue weighted by Gasteiger charge is -2.18. The standard InChI is InChI=1S/C11H16N4O3/c1-8-13-10(18-14-8)2-3-11(17)15-6-4-9(16)12-5-7-15/h2-7H2,1H3,(H,12,16). The summed E-state index contributed by atoms with van der Waals surface area (Å²) < 4.78 is 4.95. The largest absolute Gasteiger partial charge is 0.354 e. The van der Waals surface area contributed by atoms with Crippen LogP contribution in [-0.2, 0) is 16.0 Å². The first-order valence-corrected chi connectivity index (χ1v) is 5.99. The SMILES string of the molecule is Cc1noc(CCC(=O)N2CCNC(=O)CC2)n1. The summed E-state index contributed by atoms with van der Waals surface area (Å²) in [4.78, 5) is 28.8. The van der Waals surface area contributed by atoms with Gasteiger partial charge in [-0.05, 0) is 6.92 Å². The molecular weight excluding hydrogens is 236 g/mol. The van der Waals surface area contributed by atoms with Crippen molar-refractivity contribution in [2.45, 2.75) is 26.2 Å². The highest BCUT2D eigenvalue weighted by Crippen LogP contribution is 2.05. The molecule has 0 unspecified atom stereocenters. The maximum atomic E-state index is 11.9. The Morgan fingerprint density at radius 1 is 1.50 bits per heavy atom. The van der Waals surface area contributed by atoms with Crippen LogP contribution in [0.5, 0.6) is 0 Å². The number of rotatable bonds is 3. The van der Waals surface area contributed by atoms with Crippen LogP contribution in [0.4, 0.5) is 0 Å². The van der Waals surface area contributed by atoms with Gasteiger partial charge < -0.3 is 14.7 Å². The molecule has 1 aromatic heterocycles. The van der Waals surface area contributed by atoms with Gasteiger partial charge >= 0.3 is 0 Å². The topological polar surface area (TPSA) is 88.3 Å². The van der Waals surface area contributed by atoms with Gasteiger partial charge in [-0.25, -0.2) is 0 Å². The van der Waals surface area contributed by atoms with Gasteiger partial charge in [-0.1, -0.05) is 5.16 Å². The average molecular weight is 252 g/mol. The van der Waals surface area contributed by atoms with Crippen LogP contribution in [0.1, 0.15) is 24.6 Å². The van der Waals surface area contributed by atoms with Crippen molar-refractivity contribution in [1.29, 1.82) is 0 Å². The van der Waals surface area contributed by atoms with Gasteiger partial charge in [0.05, 0.1) is 0 Å². The first-order valence-electron chi connectivity index (χ1n) is 5.99. The summed E-state index contributed by atoms with van der Waals surface area (Å²) in [6, 6.07) is 0. The molecular formula is C11H16N4O3. The van der Waals surface area contributed by atoms with Crippen LogP contribution in [0.15, 0.2) is 4.52 Å². The van der Waals surface area contributed by atoms with E-state index in [1.165, 1.54) is 0 Å². The van der Waals surface area contributed by atoms with Gasteiger partial charge in [-0.15, -0.1) is 0 Å². The lowest BCUT2D eigenvalue weighted by atomic mass is 10.2. The zero-order valence-electron chi connectivity index (χ0n) is 10.3. The van der Waals surface area contributed by atoms with E-state index in [1.807, 2.05) is 0 Å². The second-order valence-electron chi connectivity index (χ2n) is 4.22. The summed E-state index contributed by atoms with van der Waals surface area (Å²) in [5.74, 6) is 1.06. The molecule has 18 heavy (non-hydrogen) atoms. The second-order valence-corrected chi connectivity index (χ2v) is 4.22. The number of hydrogen-bond donors (Lipinski definition) is 1. The first kappa shape index (κ1) is 12.5. The van der Waals surface area contributed by atoms with Crippen molar-refractivity contribution in [3.63, 3.8) is 0 Å². The maximum Gasteiger partial charge on any atom is 0.227 e. The van der Waals surface area contributed by atoms with Crippen LogP contribution in [0.25, 0.3) is 0 Å². The van der Waals surface area contributed by atoms with E-state index in [0.717, 1.165) is 0 Å². The zero-order valence-corrected chi connectivity index (χ0v) is 10.3. The number of aromatic nitrogens is 2. The molecule has 7 nitrogen and oxygen atoms in total. The van der Waals surface area contributed by atoms with Crippen LogP contribution in [0.3, 0.4) is 0 Å². The maximum absolute atomic E-state index is 11.9. The van der Waals surface area contributed by atoms with Crippen molar-refractivity contribution < 1.29 is 14.1 Å². The van der Waals surface area contributed by atoms with E-state index in [2.05, 4.69) is 15.5 Å². The summed E-state index contributed by atoms with van der Waals surface area (Å²) in [7, 11) is 0. The molecule has 0 aliphatic carbocycles. The Morgan fingerprint density at radius 3 is 3.06 bits per heavy atom. The van der Waals surface area contributed by atoms with E-state index in [1.54, 1.807) is 11.8 Å². The summed E-state index contributed by atoms with van der Waals surface area (Å²) >= 11 is 0. The van der Waals surface area contributed by atoms with Gasteiger partial charge in [0, 0.05) is 38.9 Å². The highest BCUT2D eigenvalue weighted by molar-refractivity contribution is 5.80. The number of nitrogens with zero attached hydrogens (tertiary/aromatic N) is 3. The predicted molar refractivity (Wildman–Crippen MR) is 61.6 cm³/mol. The van der Waals surface area contributed by atoms with Gasteiger partial charge in [0.1, 0.15) is 0 Å². The molecule has 7 heteroatoms. The molecule has 1 N–H and O–H groups in total. The molecule has 2 heterocycles. The summed E-state index contributed by atoms with van der Waals surface area (Å²) in [6.07, 6.45) is 1.14. The summed E-state index contributed by atoms with van der Waals surface area (Å²) in [6.45, 7) is 3.30. The van der Waals surface area contributed by atoms with Crippen LogP contribution >= 0.6 is 0 Å². The fourth-order valence-electron chi connectivity index (χ4n) is 1.83. The monoisotopic (exact) mass is 252 g/mol. The minimum atomic E-state index is -0.00201. The lowest BCUT2D eigenvalue weighted by Crippen LogP contribution is -2.34. The molecule has 0 atom stereocenters. The first-order chi connectivity index (χ1) is 8.65. The number of amides is 2. The van der Waals surface area contributed by atoms with Gasteiger partial charge in [-0.2, -0.15) is 4.98 Å². The fraction of sp³-hybridized carbons (Fsp3) is 0.636. The molecule has 98 valence electrons. The second kappa shape index (κ2) is 5.61. The van der Waals surface area contributed by atoms with Crippen LogP contribution in [0.2, 0.25) is 0 Å². The van der Waals surface area contributed by atoms with Crippen molar-refractivity contribution in [2.24, 2.45) is 0 Å². The molecule has 1 aliphatic heterocycles. The number of carbonyl (C=O) groups excluding carboxylic acids is 2. The van der Waals surface area contributed by atoms with Gasteiger partial charge in [-0.3, -0.25) is 9.59 Å². The Hall–Kier alpha value is -1.92. The summed E-state index contributed by atoms with van der Waals surface area (Å²) in [5.41, 5.74) is 0. The molecule has 0 aromatic carbocycles. The molecule has 0 saturated carbocycles. The van der Waals surface area contributed by atoms with E-state index in [9.17, 15) is 9.59 Å². The van der Waals surface area contributed by atoms with E-state index in [4.69, 9.17) is 4.52 Å². The molecule has 1 saturated heterocycles. The van der Waals surface area contributed by atoms with E-state index >= 15 is 0 Å². The van der Waals surface area contributed by atoms with Crippen LogP contribution in [-0.4, -0.2) is 46.5 Å². The van der Waals surface area contributed by atoms with Crippen LogP contribution < -0.4 is 5.32 Å². The van der Waals surface area contributed by atoms with Crippen molar-refractivity contribution in [3.05, 3.63) is 11.7 Å². The number of nitrogens with one attached hydrogen (secondary N) is 1. The Labute approximate surface area is 105 Å². The normalized spacial score (nSPS) is 16.3. The smallest absolute Gasteiger partial charge is 0.227 e. The number of hydrogen-bond acceptors (Lipinski definition) is 5. The minimum absolute atomic E-state index is 0.00201. The number of carbonyl (C=O) groups is 2. The van der Waals surface area contributed by atoms with Crippen LogP contribution in [0, 0.1) is 6.92 Å². The van der Waals surface area contributed by atoms with Crippen molar-refractivity contribution in [1.82, 2.24) is 20.4 Å². The Kier molecular flexibility index (Phi) is 3.91. The third-order valence-corrected chi connectivity index (χ3v) is 2.79.